The Bertz CT molecular complexity index is 1490. The molecule has 0 aliphatic carbocycles. The molecule has 0 N–H and O–H groups in total. The first-order valence-corrected chi connectivity index (χ1v) is 17.8. The van der Waals surface area contributed by atoms with Crippen LogP contribution in [0.4, 0.5) is 9.59 Å². The Morgan fingerprint density at radius 1 is 0.712 bits per heavy atom. The molecule has 1 saturated heterocycles. The number of rotatable bonds is 15. The first-order valence-electron chi connectivity index (χ1n) is 17.8. The van der Waals surface area contributed by atoms with E-state index in [0.717, 1.165) is 21.6 Å². The zero-order valence-corrected chi connectivity index (χ0v) is 31.6. The molecule has 0 saturated carbocycles. The molecule has 3 aromatic carbocycles. The van der Waals surface area contributed by atoms with Gasteiger partial charge < -0.3 is 33.2 Å². The molecular weight excluding hydrogens is 662 g/mol. The summed E-state index contributed by atoms with van der Waals surface area (Å²) in [5.41, 5.74) is 1.31. The lowest BCUT2D eigenvalue weighted by atomic mass is 9.91. The third-order valence-electron chi connectivity index (χ3n) is 8.13. The average Bonchev–Trinajstić information content (AvgIpc) is 3.09. The normalized spacial score (nSPS) is 21.2. The Kier molecular flexibility index (Phi) is 15.0. The number of carbonyl (C=O) groups is 2. The SMILES string of the molecule is C=C[C@H](CO[C@H]1OC(COCc2ccccc2)[C@@H](OCc2ccccc2)[C@H](OCc2ccccc2)[C@H]1C)N(C(=O)OC(C)(C)C)C(=O)OC(C)(C)C. The molecule has 10 heteroatoms. The topological polar surface area (TPSA) is 102 Å². The summed E-state index contributed by atoms with van der Waals surface area (Å²) in [6.45, 7) is 17.3. The summed E-state index contributed by atoms with van der Waals surface area (Å²) in [5.74, 6) is -0.350. The average molecular weight is 718 g/mol. The first-order chi connectivity index (χ1) is 24.7. The fourth-order valence-corrected chi connectivity index (χ4v) is 5.62. The van der Waals surface area contributed by atoms with E-state index < -0.39 is 54.0 Å². The Balaban J connectivity index is 1.60. The minimum atomic E-state index is -0.941. The number of hydrogen-bond acceptors (Lipinski definition) is 9. The van der Waals surface area contributed by atoms with Crippen LogP contribution in [0.1, 0.15) is 65.2 Å². The molecular formula is C42H55NO9. The number of hydrogen-bond donors (Lipinski definition) is 0. The predicted molar refractivity (Wildman–Crippen MR) is 198 cm³/mol. The Labute approximate surface area is 308 Å². The number of benzene rings is 3. The van der Waals surface area contributed by atoms with E-state index in [0.29, 0.717) is 19.8 Å². The molecule has 2 amide bonds. The van der Waals surface area contributed by atoms with Crippen LogP contribution in [0.2, 0.25) is 0 Å². The number of carbonyl (C=O) groups excluding carboxylic acids is 2. The first kappa shape index (κ1) is 40.7. The minimum absolute atomic E-state index is 0.143. The van der Waals surface area contributed by atoms with Crippen molar-refractivity contribution in [3.8, 4) is 0 Å². The molecule has 10 nitrogen and oxygen atoms in total. The highest BCUT2D eigenvalue weighted by atomic mass is 16.7. The van der Waals surface area contributed by atoms with Crippen molar-refractivity contribution < 1.29 is 42.7 Å². The molecule has 3 aromatic rings. The van der Waals surface area contributed by atoms with Crippen LogP contribution < -0.4 is 0 Å². The Hall–Kier alpha value is -4.06. The number of ether oxygens (including phenoxy) is 7. The van der Waals surface area contributed by atoms with Gasteiger partial charge in [-0.1, -0.05) is 104 Å². The molecule has 1 fully saturated rings. The maximum absolute atomic E-state index is 13.4. The van der Waals surface area contributed by atoms with Gasteiger partial charge in [-0.2, -0.15) is 0 Å². The number of amides is 2. The molecule has 0 radical (unpaired) electrons. The van der Waals surface area contributed by atoms with Crippen molar-refractivity contribution in [1.82, 2.24) is 4.90 Å². The molecule has 282 valence electrons. The molecule has 4 rings (SSSR count). The second-order valence-electron chi connectivity index (χ2n) is 14.9. The van der Waals surface area contributed by atoms with Crippen molar-refractivity contribution in [2.24, 2.45) is 5.92 Å². The summed E-state index contributed by atoms with van der Waals surface area (Å²) in [6.07, 6.45) is -2.73. The van der Waals surface area contributed by atoms with E-state index in [1.165, 1.54) is 6.08 Å². The quantitative estimate of drug-likeness (QED) is 0.143. The molecule has 1 aliphatic heterocycles. The standard InChI is InChI=1S/C42H55NO9/c1-9-34(43(39(44)51-41(3,4)5)40(45)52-42(6,7)8)28-49-38-30(2)36(47-26-32-21-15-11-16-22-32)37(48-27-33-23-17-12-18-24-33)35(50-38)29-46-25-31-19-13-10-14-20-31/h9-24,30,34-38H,1,25-29H2,2-8H3/t30-,34-,35?,36-,37-,38+/m1/s1. The largest absolute Gasteiger partial charge is 0.443 e. The highest BCUT2D eigenvalue weighted by molar-refractivity contribution is 5.89. The summed E-state index contributed by atoms with van der Waals surface area (Å²) in [4.78, 5) is 27.7. The van der Waals surface area contributed by atoms with Crippen LogP contribution in [0.15, 0.2) is 104 Å². The van der Waals surface area contributed by atoms with Crippen molar-refractivity contribution in [3.63, 3.8) is 0 Å². The second-order valence-corrected chi connectivity index (χ2v) is 14.9. The van der Waals surface area contributed by atoms with Gasteiger partial charge in [0.15, 0.2) is 6.29 Å². The van der Waals surface area contributed by atoms with Gasteiger partial charge in [0.05, 0.1) is 45.2 Å². The van der Waals surface area contributed by atoms with E-state index in [4.69, 9.17) is 33.2 Å². The smallest absolute Gasteiger partial charge is 0.420 e. The summed E-state index contributed by atoms with van der Waals surface area (Å²) >= 11 is 0. The van der Waals surface area contributed by atoms with Crippen LogP contribution in [0.3, 0.4) is 0 Å². The van der Waals surface area contributed by atoms with E-state index in [-0.39, 0.29) is 19.1 Å². The summed E-state index contributed by atoms with van der Waals surface area (Å²) in [6, 6.07) is 28.8. The van der Waals surface area contributed by atoms with Crippen LogP contribution >= 0.6 is 0 Å². The van der Waals surface area contributed by atoms with Gasteiger partial charge in [0.1, 0.15) is 23.4 Å². The molecule has 0 spiro atoms. The van der Waals surface area contributed by atoms with Gasteiger partial charge in [0.25, 0.3) is 0 Å². The van der Waals surface area contributed by atoms with Gasteiger partial charge in [-0.05, 0) is 58.2 Å². The van der Waals surface area contributed by atoms with Gasteiger partial charge in [-0.3, -0.25) is 0 Å². The molecule has 0 bridgehead atoms. The highest BCUT2D eigenvalue weighted by Gasteiger charge is 2.47. The second kappa shape index (κ2) is 19.1. The maximum atomic E-state index is 13.4. The van der Waals surface area contributed by atoms with E-state index >= 15 is 0 Å². The van der Waals surface area contributed by atoms with E-state index in [2.05, 4.69) is 6.58 Å². The Morgan fingerprint density at radius 2 is 1.15 bits per heavy atom. The molecule has 0 aromatic heterocycles. The molecule has 1 unspecified atom stereocenters. The number of imide groups is 1. The third kappa shape index (κ3) is 12.9. The van der Waals surface area contributed by atoms with E-state index in [1.807, 2.05) is 97.9 Å². The molecule has 52 heavy (non-hydrogen) atoms. The van der Waals surface area contributed by atoms with Gasteiger partial charge >= 0.3 is 12.2 Å². The van der Waals surface area contributed by atoms with E-state index in [9.17, 15) is 9.59 Å². The lowest BCUT2D eigenvalue weighted by Gasteiger charge is -2.45. The summed E-state index contributed by atoms with van der Waals surface area (Å²) in [7, 11) is 0. The van der Waals surface area contributed by atoms with Crippen molar-refractivity contribution in [2.45, 2.75) is 110 Å². The fraction of sp³-hybridized carbons (Fsp3) is 0.476. The number of nitrogens with zero attached hydrogens (tertiary/aromatic N) is 1. The van der Waals surface area contributed by atoms with Crippen LogP contribution in [-0.2, 0) is 53.0 Å². The summed E-state index contributed by atoms with van der Waals surface area (Å²) in [5, 5.41) is 0. The van der Waals surface area contributed by atoms with Crippen LogP contribution in [0, 0.1) is 5.92 Å². The van der Waals surface area contributed by atoms with Gasteiger partial charge in [-0.15, -0.1) is 6.58 Å². The highest BCUT2D eigenvalue weighted by Crippen LogP contribution is 2.33. The van der Waals surface area contributed by atoms with Gasteiger partial charge in [-0.25, -0.2) is 14.5 Å². The molecule has 6 atom stereocenters. The van der Waals surface area contributed by atoms with Crippen molar-refractivity contribution in [1.29, 1.82) is 0 Å². The van der Waals surface area contributed by atoms with Gasteiger partial charge in [0.2, 0.25) is 0 Å². The molecule has 1 aliphatic rings. The van der Waals surface area contributed by atoms with Crippen LogP contribution in [-0.4, -0.2) is 72.1 Å². The monoisotopic (exact) mass is 717 g/mol. The van der Waals surface area contributed by atoms with Crippen molar-refractivity contribution >= 4 is 12.2 Å². The molecule has 1 heterocycles. The van der Waals surface area contributed by atoms with Crippen LogP contribution in [0.25, 0.3) is 0 Å². The van der Waals surface area contributed by atoms with Crippen LogP contribution in [0.5, 0.6) is 0 Å². The van der Waals surface area contributed by atoms with E-state index in [1.54, 1.807) is 41.5 Å². The van der Waals surface area contributed by atoms with Gasteiger partial charge in [0, 0.05) is 5.92 Å². The van der Waals surface area contributed by atoms with Crippen molar-refractivity contribution in [3.05, 3.63) is 120 Å². The minimum Gasteiger partial charge on any atom is -0.443 e. The fourth-order valence-electron chi connectivity index (χ4n) is 5.62. The Morgan fingerprint density at radius 3 is 1.60 bits per heavy atom. The predicted octanol–water partition coefficient (Wildman–Crippen LogP) is 8.48. The summed E-state index contributed by atoms with van der Waals surface area (Å²) < 4.78 is 43.7. The third-order valence-corrected chi connectivity index (χ3v) is 8.13. The lowest BCUT2D eigenvalue weighted by Crippen LogP contribution is -2.58. The zero-order valence-electron chi connectivity index (χ0n) is 31.6. The zero-order chi connectivity index (χ0) is 37.7. The maximum Gasteiger partial charge on any atom is 0.420 e. The lowest BCUT2D eigenvalue weighted by molar-refractivity contribution is -0.303. The van der Waals surface area contributed by atoms with Crippen molar-refractivity contribution in [2.75, 3.05) is 13.2 Å².